The Morgan fingerprint density at radius 1 is 1.48 bits per heavy atom. The van der Waals surface area contributed by atoms with Crippen molar-refractivity contribution in [2.24, 2.45) is 5.73 Å². The van der Waals surface area contributed by atoms with Crippen molar-refractivity contribution in [2.75, 3.05) is 19.7 Å². The Kier molecular flexibility index (Phi) is 5.37. The van der Waals surface area contributed by atoms with Crippen LogP contribution in [0.1, 0.15) is 38.3 Å². The van der Waals surface area contributed by atoms with Crippen molar-refractivity contribution in [1.29, 1.82) is 0 Å². The van der Waals surface area contributed by atoms with Crippen molar-refractivity contribution >= 4 is 10.0 Å². The summed E-state index contributed by atoms with van der Waals surface area (Å²) < 4.78 is 32.6. The Hall–Kier alpha value is -0.950. The lowest BCUT2D eigenvalue weighted by Crippen LogP contribution is -2.37. The average molecular weight is 312 g/mol. The monoisotopic (exact) mass is 312 g/mol. The zero-order chi connectivity index (χ0) is 15.5. The number of hydrogen-bond acceptors (Lipinski definition) is 4. The van der Waals surface area contributed by atoms with Gasteiger partial charge in [-0.3, -0.25) is 0 Å². The minimum Gasteiger partial charge on any atom is -0.377 e. The minimum atomic E-state index is -3.50. The van der Waals surface area contributed by atoms with Crippen LogP contribution in [0, 0.1) is 0 Å². The van der Waals surface area contributed by atoms with Crippen molar-refractivity contribution in [3.63, 3.8) is 0 Å². The highest BCUT2D eigenvalue weighted by molar-refractivity contribution is 7.89. The topological polar surface area (TPSA) is 72.6 Å². The molecule has 1 heterocycles. The van der Waals surface area contributed by atoms with E-state index < -0.39 is 10.0 Å². The molecule has 1 aliphatic rings. The molecule has 0 spiro atoms. The van der Waals surface area contributed by atoms with Crippen LogP contribution < -0.4 is 5.73 Å². The second-order valence-electron chi connectivity index (χ2n) is 5.45. The van der Waals surface area contributed by atoms with Gasteiger partial charge in [0.2, 0.25) is 10.0 Å². The fourth-order valence-electron chi connectivity index (χ4n) is 2.52. The van der Waals surface area contributed by atoms with E-state index in [1.807, 2.05) is 19.9 Å². The van der Waals surface area contributed by atoms with Crippen molar-refractivity contribution in [3.05, 3.63) is 29.8 Å². The van der Waals surface area contributed by atoms with Gasteiger partial charge in [0.25, 0.3) is 0 Å². The molecule has 1 aromatic carbocycles. The van der Waals surface area contributed by atoms with Gasteiger partial charge in [0, 0.05) is 25.7 Å². The van der Waals surface area contributed by atoms with Gasteiger partial charge in [-0.15, -0.1) is 0 Å². The summed E-state index contributed by atoms with van der Waals surface area (Å²) in [5.41, 5.74) is 6.66. The highest BCUT2D eigenvalue weighted by Gasteiger charge is 2.28. The SMILES string of the molecule is CCN(CC1CCCO1)S(=O)(=O)c1cccc(C(C)N)c1. The quantitative estimate of drug-likeness (QED) is 0.870. The molecule has 0 radical (unpaired) electrons. The number of benzene rings is 1. The van der Waals surface area contributed by atoms with Crippen LogP contribution in [0.5, 0.6) is 0 Å². The van der Waals surface area contributed by atoms with Crippen LogP contribution in [0.3, 0.4) is 0 Å². The Morgan fingerprint density at radius 2 is 2.24 bits per heavy atom. The Labute approximate surface area is 127 Å². The predicted molar refractivity (Wildman–Crippen MR) is 82.5 cm³/mol. The lowest BCUT2D eigenvalue weighted by molar-refractivity contribution is 0.0947. The van der Waals surface area contributed by atoms with E-state index in [0.29, 0.717) is 18.0 Å². The standard InChI is InChI=1S/C15H24N2O3S/c1-3-17(11-14-7-5-9-20-14)21(18,19)15-8-4-6-13(10-15)12(2)16/h4,6,8,10,12,14H,3,5,7,9,11,16H2,1-2H3. The summed E-state index contributed by atoms with van der Waals surface area (Å²) in [5, 5.41) is 0. The third kappa shape index (κ3) is 3.83. The summed E-state index contributed by atoms with van der Waals surface area (Å²) in [6, 6.07) is 6.69. The van der Waals surface area contributed by atoms with Crippen LogP contribution in [0.25, 0.3) is 0 Å². The summed E-state index contributed by atoms with van der Waals surface area (Å²) in [6.07, 6.45) is 1.94. The summed E-state index contributed by atoms with van der Waals surface area (Å²) in [4.78, 5) is 0.303. The number of rotatable bonds is 6. The van der Waals surface area contributed by atoms with Gasteiger partial charge in [0.15, 0.2) is 0 Å². The van der Waals surface area contributed by atoms with Crippen molar-refractivity contribution in [1.82, 2.24) is 4.31 Å². The first-order chi connectivity index (χ1) is 9.95. The Balaban J connectivity index is 2.23. The van der Waals surface area contributed by atoms with E-state index >= 15 is 0 Å². The zero-order valence-electron chi connectivity index (χ0n) is 12.7. The van der Waals surface area contributed by atoms with Crippen molar-refractivity contribution in [2.45, 2.75) is 43.7 Å². The molecule has 118 valence electrons. The summed E-state index contributed by atoms with van der Waals surface area (Å²) in [5.74, 6) is 0. The molecule has 0 aliphatic carbocycles. The number of sulfonamides is 1. The highest BCUT2D eigenvalue weighted by Crippen LogP contribution is 2.22. The molecule has 2 atom stereocenters. The lowest BCUT2D eigenvalue weighted by atomic mass is 10.1. The van der Waals surface area contributed by atoms with Crippen LogP contribution in [0.15, 0.2) is 29.2 Å². The number of nitrogens with zero attached hydrogens (tertiary/aromatic N) is 1. The molecule has 0 bridgehead atoms. The van der Waals surface area contributed by atoms with Gasteiger partial charge in [-0.25, -0.2) is 8.42 Å². The molecule has 1 saturated heterocycles. The second-order valence-corrected chi connectivity index (χ2v) is 7.39. The first-order valence-corrected chi connectivity index (χ1v) is 8.86. The number of ether oxygens (including phenoxy) is 1. The van der Waals surface area contributed by atoms with E-state index in [-0.39, 0.29) is 12.1 Å². The Morgan fingerprint density at radius 3 is 2.81 bits per heavy atom. The van der Waals surface area contributed by atoms with Gasteiger partial charge >= 0.3 is 0 Å². The molecule has 2 unspecified atom stereocenters. The van der Waals surface area contributed by atoms with Gasteiger partial charge in [0.1, 0.15) is 0 Å². The molecule has 0 amide bonds. The molecule has 1 aliphatic heterocycles. The largest absolute Gasteiger partial charge is 0.377 e. The van der Waals surface area contributed by atoms with Crippen LogP contribution >= 0.6 is 0 Å². The van der Waals surface area contributed by atoms with Gasteiger partial charge < -0.3 is 10.5 Å². The molecule has 1 aromatic rings. The molecular weight excluding hydrogens is 288 g/mol. The smallest absolute Gasteiger partial charge is 0.243 e. The average Bonchev–Trinajstić information content (AvgIpc) is 2.97. The van der Waals surface area contributed by atoms with E-state index in [0.717, 1.165) is 25.0 Å². The molecule has 6 heteroatoms. The van der Waals surface area contributed by atoms with Gasteiger partial charge in [0.05, 0.1) is 11.0 Å². The molecule has 0 aromatic heterocycles. The van der Waals surface area contributed by atoms with Crippen LogP contribution in [-0.2, 0) is 14.8 Å². The third-order valence-electron chi connectivity index (χ3n) is 3.81. The molecule has 21 heavy (non-hydrogen) atoms. The predicted octanol–water partition coefficient (Wildman–Crippen LogP) is 1.90. The van der Waals surface area contributed by atoms with Crippen LogP contribution in [0.4, 0.5) is 0 Å². The lowest BCUT2D eigenvalue weighted by Gasteiger charge is -2.23. The summed E-state index contributed by atoms with van der Waals surface area (Å²) >= 11 is 0. The van der Waals surface area contributed by atoms with E-state index in [9.17, 15) is 8.42 Å². The maximum Gasteiger partial charge on any atom is 0.243 e. The van der Waals surface area contributed by atoms with E-state index in [1.165, 1.54) is 4.31 Å². The molecule has 5 nitrogen and oxygen atoms in total. The number of likely N-dealkylation sites (N-methyl/N-ethyl adjacent to an activating group) is 1. The normalized spacial score (nSPS) is 20.9. The summed E-state index contributed by atoms with van der Waals surface area (Å²) in [7, 11) is -3.50. The molecule has 1 fully saturated rings. The second kappa shape index (κ2) is 6.87. The molecule has 2 N–H and O–H groups in total. The Bertz CT molecular complexity index is 566. The molecule has 2 rings (SSSR count). The van der Waals surface area contributed by atoms with Crippen LogP contribution in [0.2, 0.25) is 0 Å². The summed E-state index contributed by atoms with van der Waals surface area (Å²) in [6.45, 7) is 5.27. The first kappa shape index (κ1) is 16.4. The third-order valence-corrected chi connectivity index (χ3v) is 5.74. The highest BCUT2D eigenvalue weighted by atomic mass is 32.2. The van der Waals surface area contributed by atoms with Crippen molar-refractivity contribution < 1.29 is 13.2 Å². The first-order valence-electron chi connectivity index (χ1n) is 7.42. The van der Waals surface area contributed by atoms with Gasteiger partial charge in [-0.2, -0.15) is 4.31 Å². The maximum atomic E-state index is 12.8. The number of nitrogens with two attached hydrogens (primary N) is 1. The number of hydrogen-bond donors (Lipinski definition) is 1. The van der Waals surface area contributed by atoms with Gasteiger partial charge in [-0.05, 0) is 37.5 Å². The van der Waals surface area contributed by atoms with Crippen molar-refractivity contribution in [3.8, 4) is 0 Å². The van der Waals surface area contributed by atoms with E-state index in [2.05, 4.69) is 0 Å². The minimum absolute atomic E-state index is 0.0105. The van der Waals surface area contributed by atoms with E-state index in [4.69, 9.17) is 10.5 Å². The van der Waals surface area contributed by atoms with Gasteiger partial charge in [-0.1, -0.05) is 19.1 Å². The fourth-order valence-corrected chi connectivity index (χ4v) is 4.06. The van der Waals surface area contributed by atoms with E-state index in [1.54, 1.807) is 18.2 Å². The maximum absolute atomic E-state index is 12.8. The molecular formula is C15H24N2O3S. The van der Waals surface area contributed by atoms with Crippen LogP contribution in [-0.4, -0.2) is 38.5 Å². The molecule has 0 saturated carbocycles. The fraction of sp³-hybridized carbons (Fsp3) is 0.600. The zero-order valence-corrected chi connectivity index (χ0v) is 13.5.